The Morgan fingerprint density at radius 1 is 0.846 bits per heavy atom. The van der Waals surface area contributed by atoms with Gasteiger partial charge in [-0.15, -0.1) is 0 Å². The van der Waals surface area contributed by atoms with Crippen LogP contribution in [0.5, 0.6) is 5.75 Å². The van der Waals surface area contributed by atoms with E-state index in [0.717, 1.165) is 41.0 Å². The van der Waals surface area contributed by atoms with Crippen LogP contribution in [0.1, 0.15) is 11.1 Å². The highest BCUT2D eigenvalue weighted by Gasteiger charge is 2.11. The summed E-state index contributed by atoms with van der Waals surface area (Å²) in [4.78, 5) is 0. The van der Waals surface area contributed by atoms with Gasteiger partial charge in [-0.1, -0.05) is 55.6 Å². The maximum Gasteiger partial charge on any atom is 0.139 e. The lowest BCUT2D eigenvalue weighted by Gasteiger charge is -2.15. The van der Waals surface area contributed by atoms with E-state index in [9.17, 15) is 0 Å². The molecule has 0 aromatic heterocycles. The molecule has 0 bridgehead atoms. The maximum atomic E-state index is 6.10. The number of benzene rings is 3. The molecule has 0 amide bonds. The van der Waals surface area contributed by atoms with E-state index in [4.69, 9.17) is 16.3 Å². The molecule has 0 saturated carbocycles. The molecule has 26 heavy (non-hydrogen) atoms. The zero-order valence-electron chi connectivity index (χ0n) is 13.6. The summed E-state index contributed by atoms with van der Waals surface area (Å²) < 4.78 is 9.06. The molecule has 0 unspecified atom stereocenters. The van der Waals surface area contributed by atoms with Crippen LogP contribution >= 0.6 is 59.4 Å². The van der Waals surface area contributed by atoms with Crippen molar-refractivity contribution in [3.8, 4) is 5.75 Å². The van der Waals surface area contributed by atoms with Gasteiger partial charge >= 0.3 is 0 Å². The van der Waals surface area contributed by atoms with Crippen molar-refractivity contribution < 1.29 is 4.74 Å². The second-order valence-electron chi connectivity index (χ2n) is 5.65. The van der Waals surface area contributed by atoms with Crippen molar-refractivity contribution in [1.29, 1.82) is 0 Å². The van der Waals surface area contributed by atoms with Crippen LogP contribution in [0.2, 0.25) is 5.02 Å². The minimum Gasteiger partial charge on any atom is -0.487 e. The third kappa shape index (κ3) is 5.49. The van der Waals surface area contributed by atoms with Crippen molar-refractivity contribution >= 4 is 65.1 Å². The van der Waals surface area contributed by atoms with Crippen LogP contribution in [0.15, 0.2) is 74.1 Å². The van der Waals surface area contributed by atoms with Gasteiger partial charge in [-0.3, -0.25) is 0 Å². The number of nitrogens with one attached hydrogen (secondary N) is 1. The van der Waals surface area contributed by atoms with Crippen LogP contribution in [0, 0.1) is 0 Å². The van der Waals surface area contributed by atoms with E-state index >= 15 is 0 Å². The molecule has 2 nitrogen and oxygen atoms in total. The number of halogens is 4. The Balaban J connectivity index is 1.75. The third-order valence-electron chi connectivity index (χ3n) is 3.71. The summed E-state index contributed by atoms with van der Waals surface area (Å²) in [6, 6.07) is 19.8. The van der Waals surface area contributed by atoms with Crippen LogP contribution < -0.4 is 10.1 Å². The van der Waals surface area contributed by atoms with E-state index in [2.05, 4.69) is 59.2 Å². The molecule has 3 aromatic carbocycles. The molecular formula is C20H15Br3ClNO. The molecule has 0 radical (unpaired) electrons. The molecule has 3 aromatic rings. The van der Waals surface area contributed by atoms with Gasteiger partial charge in [-0.25, -0.2) is 0 Å². The van der Waals surface area contributed by atoms with Crippen LogP contribution in [-0.2, 0) is 13.2 Å². The highest BCUT2D eigenvalue weighted by Crippen LogP contribution is 2.34. The first kappa shape index (κ1) is 19.7. The monoisotopic (exact) mass is 557 g/mol. The summed E-state index contributed by atoms with van der Waals surface area (Å²) in [5.41, 5.74) is 3.17. The predicted molar refractivity (Wildman–Crippen MR) is 119 cm³/mol. The molecule has 6 heteroatoms. The number of anilines is 1. The number of rotatable bonds is 6. The largest absolute Gasteiger partial charge is 0.487 e. The van der Waals surface area contributed by atoms with Crippen LogP contribution in [0.3, 0.4) is 0 Å². The van der Waals surface area contributed by atoms with Crippen molar-refractivity contribution in [1.82, 2.24) is 0 Å². The van der Waals surface area contributed by atoms with E-state index < -0.39 is 0 Å². The Morgan fingerprint density at radius 3 is 2.23 bits per heavy atom. The van der Waals surface area contributed by atoms with Gasteiger partial charge in [0.05, 0.1) is 4.47 Å². The summed E-state index contributed by atoms with van der Waals surface area (Å²) in [5, 5.41) is 4.15. The van der Waals surface area contributed by atoms with Gasteiger partial charge in [0.15, 0.2) is 0 Å². The second-order valence-corrected chi connectivity index (χ2v) is 8.77. The summed E-state index contributed by atoms with van der Waals surface area (Å²) in [7, 11) is 0. The molecule has 134 valence electrons. The van der Waals surface area contributed by atoms with Gasteiger partial charge in [0, 0.05) is 31.8 Å². The van der Waals surface area contributed by atoms with Gasteiger partial charge in [-0.05, 0) is 70.0 Å². The fraction of sp³-hybridized carbons (Fsp3) is 0.100. The van der Waals surface area contributed by atoms with Gasteiger partial charge in [0.25, 0.3) is 0 Å². The van der Waals surface area contributed by atoms with Crippen molar-refractivity contribution in [2.75, 3.05) is 5.32 Å². The summed E-state index contributed by atoms with van der Waals surface area (Å²) in [6.45, 7) is 1.12. The molecule has 0 aliphatic carbocycles. The Labute approximate surface area is 183 Å². The molecule has 0 aliphatic heterocycles. The average Bonchev–Trinajstić information content (AvgIpc) is 2.62. The van der Waals surface area contributed by atoms with Crippen LogP contribution in [0.25, 0.3) is 0 Å². The molecule has 0 spiro atoms. The molecule has 3 rings (SSSR count). The third-order valence-corrected chi connectivity index (χ3v) is 5.54. The highest BCUT2D eigenvalue weighted by atomic mass is 79.9. The molecule has 0 atom stereocenters. The standard InChI is InChI=1S/C20H15Br3ClNO/c21-15-3-7-18(8-4-15)25-11-14-9-16(22)10-19(23)20(14)26-12-13-1-5-17(24)6-2-13/h1-10,25H,11-12H2. The lowest BCUT2D eigenvalue weighted by Crippen LogP contribution is -2.04. The Kier molecular flexibility index (Phi) is 7.04. The zero-order valence-corrected chi connectivity index (χ0v) is 19.1. The Hall–Kier alpha value is -1.01. The Bertz CT molecular complexity index is 883. The van der Waals surface area contributed by atoms with Crippen molar-refractivity contribution in [3.63, 3.8) is 0 Å². The van der Waals surface area contributed by atoms with Crippen LogP contribution in [0.4, 0.5) is 5.69 Å². The van der Waals surface area contributed by atoms with Crippen molar-refractivity contribution in [2.24, 2.45) is 0 Å². The van der Waals surface area contributed by atoms with E-state index in [0.29, 0.717) is 13.2 Å². The molecule has 1 N–H and O–H groups in total. The normalized spacial score (nSPS) is 10.6. The minimum atomic E-state index is 0.475. The topological polar surface area (TPSA) is 21.3 Å². The fourth-order valence-electron chi connectivity index (χ4n) is 2.41. The smallest absolute Gasteiger partial charge is 0.139 e. The van der Waals surface area contributed by atoms with Gasteiger partial charge in [0.1, 0.15) is 12.4 Å². The van der Waals surface area contributed by atoms with Gasteiger partial charge < -0.3 is 10.1 Å². The lowest BCUT2D eigenvalue weighted by molar-refractivity contribution is 0.301. The number of hydrogen-bond acceptors (Lipinski definition) is 2. The second kappa shape index (κ2) is 9.27. The van der Waals surface area contributed by atoms with E-state index in [1.807, 2.05) is 54.6 Å². The van der Waals surface area contributed by atoms with E-state index in [-0.39, 0.29) is 0 Å². The summed E-state index contributed by atoms with van der Waals surface area (Å²) >= 11 is 16.6. The van der Waals surface area contributed by atoms with E-state index in [1.165, 1.54) is 0 Å². The molecule has 0 fully saturated rings. The van der Waals surface area contributed by atoms with Crippen molar-refractivity contribution in [2.45, 2.75) is 13.2 Å². The first-order valence-electron chi connectivity index (χ1n) is 7.86. The Morgan fingerprint density at radius 2 is 1.54 bits per heavy atom. The molecule has 0 saturated heterocycles. The van der Waals surface area contributed by atoms with Gasteiger partial charge in [-0.2, -0.15) is 0 Å². The summed E-state index contributed by atoms with van der Waals surface area (Å²) in [5.74, 6) is 0.827. The molecular weight excluding hydrogens is 545 g/mol. The highest BCUT2D eigenvalue weighted by molar-refractivity contribution is 9.11. The fourth-order valence-corrected chi connectivity index (χ4v) is 4.23. The van der Waals surface area contributed by atoms with E-state index in [1.54, 1.807) is 0 Å². The van der Waals surface area contributed by atoms with Gasteiger partial charge in [0.2, 0.25) is 0 Å². The maximum absolute atomic E-state index is 6.10. The average molecular weight is 561 g/mol. The van der Waals surface area contributed by atoms with Crippen LogP contribution in [-0.4, -0.2) is 0 Å². The summed E-state index contributed by atoms with van der Waals surface area (Å²) in [6.07, 6.45) is 0. The van der Waals surface area contributed by atoms with Crippen molar-refractivity contribution in [3.05, 3.63) is 90.2 Å². The predicted octanol–water partition coefficient (Wildman–Crippen LogP) is 7.82. The molecule has 0 aliphatic rings. The first-order valence-corrected chi connectivity index (χ1v) is 10.6. The molecule has 0 heterocycles. The number of ether oxygens (including phenoxy) is 1. The minimum absolute atomic E-state index is 0.475. The first-order chi connectivity index (χ1) is 12.5. The lowest BCUT2D eigenvalue weighted by atomic mass is 10.2. The SMILES string of the molecule is Clc1ccc(COc2c(Br)cc(Br)cc2CNc2ccc(Br)cc2)cc1. The quantitative estimate of drug-likeness (QED) is 0.332. The number of hydrogen-bond donors (Lipinski definition) is 1. The zero-order chi connectivity index (χ0) is 18.5.